The van der Waals surface area contributed by atoms with Crippen molar-refractivity contribution < 1.29 is 27.9 Å². The second-order valence-corrected chi connectivity index (χ2v) is 10.2. The monoisotopic (exact) mass is 447 g/mol. The van der Waals surface area contributed by atoms with Gasteiger partial charge < -0.3 is 9.47 Å². The normalized spacial score (nSPS) is 14.8. The third-order valence-corrected chi connectivity index (χ3v) is 7.86. The molecule has 0 saturated heterocycles. The van der Waals surface area contributed by atoms with Crippen LogP contribution in [0.25, 0.3) is 10.1 Å². The number of carbonyl (C=O) groups is 1. The third-order valence-electron chi connectivity index (χ3n) is 4.94. The molecule has 2 heterocycles. The quantitative estimate of drug-likeness (QED) is 0.338. The van der Waals surface area contributed by atoms with E-state index in [0.29, 0.717) is 40.9 Å². The summed E-state index contributed by atoms with van der Waals surface area (Å²) >= 11 is 1.59. The van der Waals surface area contributed by atoms with E-state index in [1.165, 1.54) is 0 Å². The molecule has 1 aliphatic heterocycles. The molecule has 0 saturated carbocycles. The Morgan fingerprint density at radius 3 is 2.70 bits per heavy atom. The van der Waals surface area contributed by atoms with Crippen LogP contribution < -0.4 is 9.47 Å². The summed E-state index contributed by atoms with van der Waals surface area (Å²) in [6.45, 7) is 0.607. The summed E-state index contributed by atoms with van der Waals surface area (Å²) in [4.78, 5) is 11.0. The molecule has 1 N–H and O–H groups in total. The molecule has 4 rings (SSSR count). The van der Waals surface area contributed by atoms with Crippen LogP contribution in [0, 0.1) is 0 Å². The first-order valence-electron chi connectivity index (χ1n) is 9.44. The van der Waals surface area contributed by atoms with Gasteiger partial charge in [-0.2, -0.15) is 0 Å². The molecule has 1 aromatic heterocycles. The molecule has 0 fully saturated rings. The fourth-order valence-electron chi connectivity index (χ4n) is 3.46. The minimum atomic E-state index is -3.77. The van der Waals surface area contributed by atoms with Crippen molar-refractivity contribution in [3.8, 4) is 11.5 Å². The van der Waals surface area contributed by atoms with Crippen molar-refractivity contribution in [1.82, 2.24) is 5.06 Å². The van der Waals surface area contributed by atoms with E-state index in [0.717, 1.165) is 16.5 Å². The van der Waals surface area contributed by atoms with Gasteiger partial charge in [-0.25, -0.2) is 13.5 Å². The number of amides is 1. The summed E-state index contributed by atoms with van der Waals surface area (Å²) in [7, 11) is -3.77. The predicted octanol–water partition coefficient (Wildman–Crippen LogP) is 3.57. The van der Waals surface area contributed by atoms with Crippen molar-refractivity contribution in [3.63, 3.8) is 0 Å². The van der Waals surface area contributed by atoms with Gasteiger partial charge in [0, 0.05) is 11.1 Å². The van der Waals surface area contributed by atoms with Gasteiger partial charge in [-0.15, -0.1) is 11.3 Å². The third kappa shape index (κ3) is 4.43. The van der Waals surface area contributed by atoms with E-state index in [1.54, 1.807) is 35.6 Å². The van der Waals surface area contributed by atoms with Gasteiger partial charge in [0.25, 0.3) is 0 Å². The SMILES string of the molecule is O=CN(O)CC(c1ccc2c(c1)OCCCO2)S(=O)(=O)Cc1ccc2sccc2c1. The maximum atomic E-state index is 13.3. The molecular formula is C21H21NO6S2. The lowest BCUT2D eigenvalue weighted by Gasteiger charge is -2.22. The molecule has 7 nitrogen and oxygen atoms in total. The summed E-state index contributed by atoms with van der Waals surface area (Å²) < 4.78 is 39.0. The number of thiophene rings is 1. The van der Waals surface area contributed by atoms with Gasteiger partial charge in [0.15, 0.2) is 21.3 Å². The molecule has 2 aromatic carbocycles. The Kier molecular flexibility index (Phi) is 5.94. The van der Waals surface area contributed by atoms with Gasteiger partial charge in [-0.3, -0.25) is 10.0 Å². The molecule has 0 radical (unpaired) electrons. The molecule has 1 amide bonds. The van der Waals surface area contributed by atoms with E-state index in [9.17, 15) is 18.4 Å². The molecule has 30 heavy (non-hydrogen) atoms. The van der Waals surface area contributed by atoms with Crippen LogP contribution in [-0.2, 0) is 20.4 Å². The highest BCUT2D eigenvalue weighted by Gasteiger charge is 2.30. The van der Waals surface area contributed by atoms with E-state index in [2.05, 4.69) is 0 Å². The Bertz CT molecular complexity index is 1160. The number of benzene rings is 2. The van der Waals surface area contributed by atoms with Crippen molar-refractivity contribution >= 4 is 37.7 Å². The molecule has 0 aliphatic carbocycles. The number of ether oxygens (including phenoxy) is 2. The number of nitrogens with zero attached hydrogens (tertiary/aromatic N) is 1. The zero-order valence-corrected chi connectivity index (χ0v) is 17.7. The van der Waals surface area contributed by atoms with Crippen LogP contribution in [0.2, 0.25) is 0 Å². The Hall–Kier alpha value is -2.62. The molecule has 1 atom stereocenters. The summed E-state index contributed by atoms with van der Waals surface area (Å²) in [5.41, 5.74) is 1.08. The van der Waals surface area contributed by atoms with Gasteiger partial charge in [0.2, 0.25) is 6.41 Å². The van der Waals surface area contributed by atoms with E-state index in [-0.39, 0.29) is 18.7 Å². The summed E-state index contributed by atoms with van der Waals surface area (Å²) in [6, 6.07) is 12.4. The van der Waals surface area contributed by atoms with Gasteiger partial charge in [-0.05, 0) is 52.2 Å². The molecule has 0 spiro atoms. The largest absolute Gasteiger partial charge is 0.490 e. The van der Waals surface area contributed by atoms with Crippen molar-refractivity contribution in [2.75, 3.05) is 19.8 Å². The predicted molar refractivity (Wildman–Crippen MR) is 114 cm³/mol. The van der Waals surface area contributed by atoms with Gasteiger partial charge >= 0.3 is 0 Å². The minimum absolute atomic E-state index is 0.197. The standard InChI is InChI=1S/C21H21NO6S2/c23-14-22(24)12-21(17-3-4-18-19(11-17)28-8-1-7-27-18)30(25,26)13-15-2-5-20-16(10-15)6-9-29-20/h2-6,9-11,14,21,24H,1,7-8,12-13H2. The first-order chi connectivity index (χ1) is 14.5. The number of carbonyl (C=O) groups excluding carboxylic acids is 1. The molecule has 9 heteroatoms. The second kappa shape index (κ2) is 8.63. The van der Waals surface area contributed by atoms with Crippen molar-refractivity contribution in [2.45, 2.75) is 17.4 Å². The average Bonchev–Trinajstić information content (AvgIpc) is 3.07. The van der Waals surface area contributed by atoms with E-state index in [4.69, 9.17) is 9.47 Å². The fourth-order valence-corrected chi connectivity index (χ4v) is 6.02. The molecule has 158 valence electrons. The van der Waals surface area contributed by atoms with Crippen LogP contribution >= 0.6 is 11.3 Å². The van der Waals surface area contributed by atoms with Crippen LogP contribution in [-0.4, -0.2) is 44.9 Å². The Morgan fingerprint density at radius 1 is 1.10 bits per heavy atom. The molecule has 3 aromatic rings. The Morgan fingerprint density at radius 2 is 1.90 bits per heavy atom. The van der Waals surface area contributed by atoms with Crippen LogP contribution in [0.5, 0.6) is 11.5 Å². The Balaban J connectivity index is 1.68. The topological polar surface area (TPSA) is 93.1 Å². The van der Waals surface area contributed by atoms with Crippen LogP contribution in [0.4, 0.5) is 0 Å². The number of rotatable bonds is 7. The maximum Gasteiger partial charge on any atom is 0.233 e. The highest BCUT2D eigenvalue weighted by molar-refractivity contribution is 7.90. The number of hydrogen-bond donors (Lipinski definition) is 1. The molecule has 1 aliphatic rings. The van der Waals surface area contributed by atoms with Crippen LogP contribution in [0.15, 0.2) is 47.8 Å². The van der Waals surface area contributed by atoms with E-state index in [1.807, 2.05) is 23.6 Å². The molecule has 0 bridgehead atoms. The zero-order valence-electron chi connectivity index (χ0n) is 16.1. The zero-order chi connectivity index (χ0) is 21.1. The van der Waals surface area contributed by atoms with Crippen molar-refractivity contribution in [2.24, 2.45) is 0 Å². The minimum Gasteiger partial charge on any atom is -0.490 e. The molecular weight excluding hydrogens is 426 g/mol. The highest BCUT2D eigenvalue weighted by atomic mass is 32.2. The number of sulfone groups is 1. The summed E-state index contributed by atoms with van der Waals surface area (Å²) in [5.74, 6) is 0.789. The lowest BCUT2D eigenvalue weighted by atomic mass is 10.1. The summed E-state index contributed by atoms with van der Waals surface area (Å²) in [6.07, 6.45) is 0.926. The van der Waals surface area contributed by atoms with Gasteiger partial charge in [-0.1, -0.05) is 12.1 Å². The van der Waals surface area contributed by atoms with Gasteiger partial charge in [0.05, 0.1) is 25.5 Å². The van der Waals surface area contributed by atoms with Gasteiger partial charge in [0.1, 0.15) is 5.25 Å². The van der Waals surface area contributed by atoms with E-state index < -0.39 is 15.1 Å². The number of hydrogen-bond acceptors (Lipinski definition) is 7. The first kappa shape index (κ1) is 20.6. The van der Waals surface area contributed by atoms with Crippen molar-refractivity contribution in [1.29, 1.82) is 0 Å². The lowest BCUT2D eigenvalue weighted by molar-refractivity contribution is -0.149. The van der Waals surface area contributed by atoms with Crippen molar-refractivity contribution in [3.05, 3.63) is 59.0 Å². The van der Waals surface area contributed by atoms with Crippen LogP contribution in [0.1, 0.15) is 22.8 Å². The number of fused-ring (bicyclic) bond motifs is 2. The second-order valence-electron chi connectivity index (χ2n) is 7.07. The smallest absolute Gasteiger partial charge is 0.233 e. The highest BCUT2D eigenvalue weighted by Crippen LogP contribution is 2.36. The first-order valence-corrected chi connectivity index (χ1v) is 12.0. The lowest BCUT2D eigenvalue weighted by Crippen LogP contribution is -2.29. The average molecular weight is 448 g/mol. The van der Waals surface area contributed by atoms with Crippen LogP contribution in [0.3, 0.4) is 0 Å². The maximum absolute atomic E-state index is 13.3. The Labute approximate surface area is 178 Å². The number of hydroxylamine groups is 2. The molecule has 1 unspecified atom stereocenters. The fraction of sp³-hybridized carbons (Fsp3) is 0.286. The van der Waals surface area contributed by atoms with E-state index >= 15 is 0 Å². The summed E-state index contributed by atoms with van der Waals surface area (Å²) in [5, 5.41) is 11.9.